The van der Waals surface area contributed by atoms with E-state index in [1.807, 2.05) is 0 Å². The third-order valence-electron chi connectivity index (χ3n) is 4.47. The third-order valence-corrected chi connectivity index (χ3v) is 4.47. The maximum Gasteiger partial charge on any atom is 0.00475 e. The summed E-state index contributed by atoms with van der Waals surface area (Å²) in [6.07, 6.45) is 5.34. The highest BCUT2D eigenvalue weighted by molar-refractivity contribution is 4.85. The van der Waals surface area contributed by atoms with E-state index >= 15 is 0 Å². The molecule has 0 aromatic rings. The first-order valence-electron chi connectivity index (χ1n) is 7.84. The highest BCUT2D eigenvalue weighted by Crippen LogP contribution is 2.32. The van der Waals surface area contributed by atoms with Crippen LogP contribution in [0, 0.1) is 10.8 Å². The number of hydrogen-bond acceptors (Lipinski definition) is 2. The van der Waals surface area contributed by atoms with Gasteiger partial charge in [-0.1, -0.05) is 41.0 Å². The van der Waals surface area contributed by atoms with Crippen molar-refractivity contribution in [3.8, 4) is 0 Å². The third kappa shape index (κ3) is 5.27. The van der Waals surface area contributed by atoms with Crippen LogP contribution in [0.4, 0.5) is 0 Å². The van der Waals surface area contributed by atoms with E-state index in [9.17, 15) is 0 Å². The van der Waals surface area contributed by atoms with Crippen LogP contribution in [0.2, 0.25) is 0 Å². The number of likely N-dealkylation sites (tertiary alicyclic amines) is 1. The van der Waals surface area contributed by atoms with Crippen molar-refractivity contribution < 1.29 is 0 Å². The zero-order chi connectivity index (χ0) is 13.6. The van der Waals surface area contributed by atoms with E-state index in [2.05, 4.69) is 44.8 Å². The molecule has 0 aromatic carbocycles. The molecule has 0 aliphatic carbocycles. The number of rotatable bonds is 7. The highest BCUT2D eigenvalue weighted by Gasteiger charge is 2.30. The molecule has 1 aliphatic heterocycles. The second-order valence-corrected chi connectivity index (χ2v) is 7.28. The van der Waals surface area contributed by atoms with E-state index < -0.39 is 0 Å². The zero-order valence-corrected chi connectivity index (χ0v) is 13.3. The SMILES string of the molecule is CCCC(C)(CNCC)CN1CCC(C)(C)CC1. The first kappa shape index (κ1) is 16.0. The van der Waals surface area contributed by atoms with Crippen LogP contribution in [-0.4, -0.2) is 37.6 Å². The highest BCUT2D eigenvalue weighted by atomic mass is 15.1. The van der Waals surface area contributed by atoms with Crippen molar-refractivity contribution >= 4 is 0 Å². The minimum Gasteiger partial charge on any atom is -0.316 e. The van der Waals surface area contributed by atoms with Gasteiger partial charge in [-0.15, -0.1) is 0 Å². The minimum atomic E-state index is 0.451. The summed E-state index contributed by atoms with van der Waals surface area (Å²) in [4.78, 5) is 2.69. The molecule has 0 saturated carbocycles. The molecule has 1 rings (SSSR count). The summed E-state index contributed by atoms with van der Waals surface area (Å²) in [5.41, 5.74) is 1.02. The Morgan fingerprint density at radius 1 is 1.17 bits per heavy atom. The fraction of sp³-hybridized carbons (Fsp3) is 1.00. The van der Waals surface area contributed by atoms with Crippen LogP contribution in [0.1, 0.15) is 60.3 Å². The Morgan fingerprint density at radius 3 is 2.28 bits per heavy atom. The lowest BCUT2D eigenvalue weighted by molar-refractivity contribution is 0.0837. The zero-order valence-electron chi connectivity index (χ0n) is 13.3. The molecule has 0 amide bonds. The van der Waals surface area contributed by atoms with Gasteiger partial charge in [0.25, 0.3) is 0 Å². The second-order valence-electron chi connectivity index (χ2n) is 7.28. The Labute approximate surface area is 115 Å². The standard InChI is InChI=1S/C16H34N2/c1-6-8-16(5,13-17-7-2)14-18-11-9-15(3,4)10-12-18/h17H,6-14H2,1-5H3. The van der Waals surface area contributed by atoms with E-state index in [-0.39, 0.29) is 0 Å². The Morgan fingerprint density at radius 2 is 1.78 bits per heavy atom. The van der Waals surface area contributed by atoms with Crippen molar-refractivity contribution in [2.75, 3.05) is 32.7 Å². The molecule has 0 aromatic heterocycles. The molecule has 108 valence electrons. The maximum absolute atomic E-state index is 3.55. The van der Waals surface area contributed by atoms with Crippen molar-refractivity contribution in [1.29, 1.82) is 0 Å². The number of piperidine rings is 1. The van der Waals surface area contributed by atoms with E-state index in [1.165, 1.54) is 45.3 Å². The first-order valence-corrected chi connectivity index (χ1v) is 7.84. The summed E-state index contributed by atoms with van der Waals surface area (Å²) in [5.74, 6) is 0. The smallest absolute Gasteiger partial charge is 0.00475 e. The quantitative estimate of drug-likeness (QED) is 0.748. The summed E-state index contributed by atoms with van der Waals surface area (Å²) in [6, 6.07) is 0. The molecule has 18 heavy (non-hydrogen) atoms. The molecule has 1 heterocycles. The van der Waals surface area contributed by atoms with E-state index in [0.29, 0.717) is 10.8 Å². The van der Waals surface area contributed by atoms with Crippen LogP contribution in [-0.2, 0) is 0 Å². The lowest BCUT2D eigenvalue weighted by atomic mass is 9.80. The molecule has 1 N–H and O–H groups in total. The van der Waals surface area contributed by atoms with E-state index in [1.54, 1.807) is 0 Å². The molecule has 1 unspecified atom stereocenters. The van der Waals surface area contributed by atoms with Gasteiger partial charge in [0, 0.05) is 13.1 Å². The van der Waals surface area contributed by atoms with Gasteiger partial charge in [-0.25, -0.2) is 0 Å². The first-order chi connectivity index (χ1) is 8.41. The molecule has 1 saturated heterocycles. The molecule has 2 heteroatoms. The average Bonchev–Trinajstić information content (AvgIpc) is 2.30. The molecule has 1 atom stereocenters. The van der Waals surface area contributed by atoms with Crippen LogP contribution in [0.15, 0.2) is 0 Å². The topological polar surface area (TPSA) is 15.3 Å². The summed E-state index contributed by atoms with van der Waals surface area (Å²) >= 11 is 0. The normalized spacial score (nSPS) is 23.8. The lowest BCUT2D eigenvalue weighted by Crippen LogP contribution is -2.46. The molecule has 1 fully saturated rings. The molecule has 0 bridgehead atoms. The van der Waals surface area contributed by atoms with Gasteiger partial charge >= 0.3 is 0 Å². The predicted octanol–water partition coefficient (Wildman–Crippen LogP) is 3.52. The summed E-state index contributed by atoms with van der Waals surface area (Å²) in [6.45, 7) is 17.9. The lowest BCUT2D eigenvalue weighted by Gasteiger charge is -2.42. The van der Waals surface area contributed by atoms with Gasteiger partial charge in [0.15, 0.2) is 0 Å². The Hall–Kier alpha value is -0.0800. The largest absolute Gasteiger partial charge is 0.316 e. The Kier molecular flexibility index (Phi) is 6.13. The van der Waals surface area contributed by atoms with Gasteiger partial charge in [0.2, 0.25) is 0 Å². The van der Waals surface area contributed by atoms with E-state index in [0.717, 1.165) is 13.1 Å². The molecule has 0 radical (unpaired) electrons. The van der Waals surface area contributed by atoms with Crippen molar-refractivity contribution in [3.05, 3.63) is 0 Å². The van der Waals surface area contributed by atoms with Gasteiger partial charge in [-0.2, -0.15) is 0 Å². The van der Waals surface area contributed by atoms with Crippen molar-refractivity contribution in [3.63, 3.8) is 0 Å². The van der Waals surface area contributed by atoms with Crippen LogP contribution in [0.25, 0.3) is 0 Å². The monoisotopic (exact) mass is 254 g/mol. The van der Waals surface area contributed by atoms with Gasteiger partial charge < -0.3 is 10.2 Å². The second kappa shape index (κ2) is 6.91. The molecule has 0 spiro atoms. The van der Waals surface area contributed by atoms with Crippen molar-refractivity contribution in [2.45, 2.75) is 60.3 Å². The molecular formula is C16H34N2. The van der Waals surface area contributed by atoms with Crippen molar-refractivity contribution in [1.82, 2.24) is 10.2 Å². The molecule has 1 aliphatic rings. The van der Waals surface area contributed by atoms with Gasteiger partial charge in [0.1, 0.15) is 0 Å². The number of hydrogen-bond donors (Lipinski definition) is 1. The van der Waals surface area contributed by atoms with Gasteiger partial charge in [0.05, 0.1) is 0 Å². The van der Waals surface area contributed by atoms with Gasteiger partial charge in [-0.05, 0) is 49.7 Å². The Bertz CT molecular complexity index is 227. The number of nitrogens with zero attached hydrogens (tertiary/aromatic N) is 1. The summed E-state index contributed by atoms with van der Waals surface area (Å²) in [7, 11) is 0. The van der Waals surface area contributed by atoms with Gasteiger partial charge in [-0.3, -0.25) is 0 Å². The van der Waals surface area contributed by atoms with Crippen LogP contribution < -0.4 is 5.32 Å². The number of nitrogens with one attached hydrogen (secondary N) is 1. The average molecular weight is 254 g/mol. The fourth-order valence-electron chi connectivity index (χ4n) is 3.11. The maximum atomic E-state index is 3.55. The van der Waals surface area contributed by atoms with Crippen LogP contribution in [0.3, 0.4) is 0 Å². The van der Waals surface area contributed by atoms with Crippen LogP contribution in [0.5, 0.6) is 0 Å². The Balaban J connectivity index is 2.46. The predicted molar refractivity (Wildman–Crippen MR) is 81.0 cm³/mol. The summed E-state index contributed by atoms with van der Waals surface area (Å²) in [5, 5.41) is 3.55. The van der Waals surface area contributed by atoms with Crippen LogP contribution >= 0.6 is 0 Å². The molecule has 2 nitrogen and oxygen atoms in total. The van der Waals surface area contributed by atoms with E-state index in [4.69, 9.17) is 0 Å². The summed E-state index contributed by atoms with van der Waals surface area (Å²) < 4.78 is 0. The molecular weight excluding hydrogens is 220 g/mol. The van der Waals surface area contributed by atoms with Crippen molar-refractivity contribution in [2.24, 2.45) is 10.8 Å². The fourth-order valence-corrected chi connectivity index (χ4v) is 3.11. The minimum absolute atomic E-state index is 0.451.